The monoisotopic (exact) mass is 267 g/mol. The van der Waals surface area contributed by atoms with E-state index >= 15 is 0 Å². The van der Waals surface area contributed by atoms with Crippen LogP contribution in [0.25, 0.3) is 0 Å². The molecule has 2 rings (SSSR count). The van der Waals surface area contributed by atoms with Crippen LogP contribution in [0.2, 0.25) is 0 Å². The second kappa shape index (κ2) is 5.77. The smallest absolute Gasteiger partial charge is 0.241 e. The molecule has 0 aliphatic heterocycles. The summed E-state index contributed by atoms with van der Waals surface area (Å²) in [6.07, 6.45) is 1.90. The summed E-state index contributed by atoms with van der Waals surface area (Å²) in [4.78, 5) is 11.3. The molecule has 0 bridgehead atoms. The van der Waals surface area contributed by atoms with Crippen LogP contribution >= 0.6 is 12.2 Å². The third-order valence-corrected chi connectivity index (χ3v) is 2.86. The molecule has 0 aromatic heterocycles. The molecule has 1 fully saturated rings. The van der Waals surface area contributed by atoms with E-state index in [0.29, 0.717) is 11.7 Å². The largest absolute Gasteiger partial charge is 0.357 e. The van der Waals surface area contributed by atoms with E-state index in [2.05, 4.69) is 16.2 Å². The third-order valence-electron chi connectivity index (χ3n) is 2.61. The highest BCUT2D eigenvalue weighted by molar-refractivity contribution is 7.80. The maximum atomic E-state index is 12.7. The molecular weight excluding hydrogens is 253 g/mol. The van der Waals surface area contributed by atoms with Crippen LogP contribution in [0.5, 0.6) is 0 Å². The molecule has 3 N–H and O–H groups in total. The summed E-state index contributed by atoms with van der Waals surface area (Å²) in [5.74, 6) is -0.158. The minimum atomic E-state index is -0.267. The number of nitrogens with one attached hydrogen (secondary N) is 3. The Labute approximate surface area is 110 Å². The van der Waals surface area contributed by atoms with Crippen molar-refractivity contribution in [2.24, 2.45) is 5.92 Å². The van der Waals surface area contributed by atoms with Crippen LogP contribution in [-0.2, 0) is 11.3 Å². The van der Waals surface area contributed by atoms with E-state index < -0.39 is 0 Å². The molecule has 1 aliphatic rings. The molecule has 6 heteroatoms. The molecule has 0 spiro atoms. The highest BCUT2D eigenvalue weighted by Crippen LogP contribution is 2.28. The zero-order valence-electron chi connectivity index (χ0n) is 9.70. The lowest BCUT2D eigenvalue weighted by Gasteiger charge is -2.11. The van der Waals surface area contributed by atoms with Gasteiger partial charge < -0.3 is 5.32 Å². The quantitative estimate of drug-likeness (QED) is 0.569. The number of rotatable bonds is 3. The van der Waals surface area contributed by atoms with Crippen molar-refractivity contribution in [1.29, 1.82) is 0 Å². The van der Waals surface area contributed by atoms with Crippen LogP contribution in [0.1, 0.15) is 18.4 Å². The summed E-state index contributed by atoms with van der Waals surface area (Å²) in [6, 6.07) is 6.13. The van der Waals surface area contributed by atoms with Gasteiger partial charge >= 0.3 is 0 Å². The van der Waals surface area contributed by atoms with Crippen molar-refractivity contribution in [3.8, 4) is 0 Å². The van der Waals surface area contributed by atoms with Gasteiger partial charge in [0.05, 0.1) is 0 Å². The van der Waals surface area contributed by atoms with Crippen molar-refractivity contribution in [1.82, 2.24) is 16.2 Å². The molecule has 0 radical (unpaired) electrons. The molecule has 0 saturated heterocycles. The van der Waals surface area contributed by atoms with Gasteiger partial charge in [0.25, 0.3) is 0 Å². The van der Waals surface area contributed by atoms with Gasteiger partial charge in [0.15, 0.2) is 5.11 Å². The van der Waals surface area contributed by atoms with Gasteiger partial charge in [-0.05, 0) is 42.8 Å². The fourth-order valence-electron chi connectivity index (χ4n) is 1.39. The average molecular weight is 267 g/mol. The summed E-state index contributed by atoms with van der Waals surface area (Å²) in [5.41, 5.74) is 6.08. The number of hydrazine groups is 1. The SMILES string of the molecule is O=C(NNC(=S)NCc1ccc(F)cc1)C1CC1. The van der Waals surface area contributed by atoms with Crippen molar-refractivity contribution < 1.29 is 9.18 Å². The Morgan fingerprint density at radius 3 is 2.56 bits per heavy atom. The molecule has 0 unspecified atom stereocenters. The number of hydrogen-bond donors (Lipinski definition) is 3. The molecule has 0 heterocycles. The summed E-state index contributed by atoms with van der Waals surface area (Å²) < 4.78 is 12.7. The maximum Gasteiger partial charge on any atom is 0.241 e. The predicted octanol–water partition coefficient (Wildman–Crippen LogP) is 1.23. The second-order valence-corrected chi connectivity index (χ2v) is 4.61. The van der Waals surface area contributed by atoms with Gasteiger partial charge in [0.1, 0.15) is 5.82 Å². The molecule has 18 heavy (non-hydrogen) atoms. The maximum absolute atomic E-state index is 12.7. The van der Waals surface area contributed by atoms with Gasteiger partial charge in [-0.3, -0.25) is 15.6 Å². The van der Waals surface area contributed by atoms with E-state index in [9.17, 15) is 9.18 Å². The molecule has 1 aliphatic carbocycles. The summed E-state index contributed by atoms with van der Waals surface area (Å²) >= 11 is 4.99. The van der Waals surface area contributed by atoms with Gasteiger partial charge in [-0.1, -0.05) is 12.1 Å². The van der Waals surface area contributed by atoms with Gasteiger partial charge in [0.2, 0.25) is 5.91 Å². The van der Waals surface area contributed by atoms with Crippen LogP contribution in [0.4, 0.5) is 4.39 Å². The lowest BCUT2D eigenvalue weighted by molar-refractivity contribution is -0.122. The number of carbonyl (C=O) groups is 1. The van der Waals surface area contributed by atoms with E-state index in [0.717, 1.165) is 18.4 Å². The lowest BCUT2D eigenvalue weighted by Crippen LogP contribution is -2.47. The number of carbonyl (C=O) groups excluding carboxylic acids is 1. The van der Waals surface area contributed by atoms with E-state index in [1.807, 2.05) is 0 Å². The Balaban J connectivity index is 1.67. The first-order valence-electron chi connectivity index (χ1n) is 5.73. The minimum absolute atomic E-state index is 0.0269. The van der Waals surface area contributed by atoms with Gasteiger partial charge in [-0.2, -0.15) is 0 Å². The van der Waals surface area contributed by atoms with Crippen molar-refractivity contribution >= 4 is 23.2 Å². The first-order valence-corrected chi connectivity index (χ1v) is 6.14. The number of halogens is 1. The zero-order chi connectivity index (χ0) is 13.0. The topological polar surface area (TPSA) is 53.2 Å². The van der Waals surface area contributed by atoms with Crippen molar-refractivity contribution in [3.05, 3.63) is 35.6 Å². The van der Waals surface area contributed by atoms with Crippen LogP contribution in [-0.4, -0.2) is 11.0 Å². The van der Waals surface area contributed by atoms with E-state index in [4.69, 9.17) is 12.2 Å². The third kappa shape index (κ3) is 3.96. The van der Waals surface area contributed by atoms with E-state index in [1.54, 1.807) is 12.1 Å². The summed E-state index contributed by atoms with van der Waals surface area (Å²) in [7, 11) is 0. The Bertz CT molecular complexity index is 445. The first-order chi connectivity index (χ1) is 8.65. The molecule has 1 amide bonds. The van der Waals surface area contributed by atoms with Crippen LogP contribution < -0.4 is 16.2 Å². The number of thiocarbonyl (C=S) groups is 1. The predicted molar refractivity (Wildman–Crippen MR) is 69.8 cm³/mol. The molecule has 4 nitrogen and oxygen atoms in total. The highest BCUT2D eigenvalue weighted by Gasteiger charge is 2.29. The molecule has 0 atom stereocenters. The zero-order valence-corrected chi connectivity index (χ0v) is 10.5. The van der Waals surface area contributed by atoms with Gasteiger partial charge in [-0.25, -0.2) is 4.39 Å². The second-order valence-electron chi connectivity index (χ2n) is 4.20. The van der Waals surface area contributed by atoms with Crippen molar-refractivity contribution in [2.45, 2.75) is 19.4 Å². The molecule has 1 aromatic rings. The van der Waals surface area contributed by atoms with E-state index in [1.165, 1.54) is 12.1 Å². The number of benzene rings is 1. The van der Waals surface area contributed by atoms with Crippen LogP contribution in [0.3, 0.4) is 0 Å². The standard InChI is InChI=1S/C12H14FN3OS/c13-10-5-1-8(2-6-10)7-14-12(18)16-15-11(17)9-3-4-9/h1-2,5-6,9H,3-4,7H2,(H,15,17)(H2,14,16,18). The molecule has 1 aromatic carbocycles. The number of hydrogen-bond acceptors (Lipinski definition) is 2. The van der Waals surface area contributed by atoms with Gasteiger partial charge in [-0.15, -0.1) is 0 Å². The normalized spacial score (nSPS) is 13.8. The Morgan fingerprint density at radius 2 is 1.94 bits per heavy atom. The average Bonchev–Trinajstić information content (AvgIpc) is 3.19. The molecule has 1 saturated carbocycles. The first kappa shape index (κ1) is 12.8. The minimum Gasteiger partial charge on any atom is -0.357 e. The number of amides is 1. The van der Waals surface area contributed by atoms with E-state index in [-0.39, 0.29) is 17.6 Å². The Kier molecular flexibility index (Phi) is 4.09. The molecular formula is C12H14FN3OS. The fraction of sp³-hybridized carbons (Fsp3) is 0.333. The van der Waals surface area contributed by atoms with Crippen LogP contribution in [0.15, 0.2) is 24.3 Å². The van der Waals surface area contributed by atoms with Crippen LogP contribution in [0, 0.1) is 11.7 Å². The molecule has 96 valence electrons. The Hall–Kier alpha value is -1.69. The Morgan fingerprint density at radius 1 is 1.28 bits per heavy atom. The summed E-state index contributed by atoms with van der Waals surface area (Å²) in [5, 5.41) is 3.26. The van der Waals surface area contributed by atoms with Gasteiger partial charge in [0, 0.05) is 12.5 Å². The highest BCUT2D eigenvalue weighted by atomic mass is 32.1. The van der Waals surface area contributed by atoms with Crippen molar-refractivity contribution in [2.75, 3.05) is 0 Å². The van der Waals surface area contributed by atoms with Crippen molar-refractivity contribution in [3.63, 3.8) is 0 Å². The fourth-order valence-corrected chi connectivity index (χ4v) is 1.52. The lowest BCUT2D eigenvalue weighted by atomic mass is 10.2. The summed E-state index contributed by atoms with van der Waals surface area (Å²) in [6.45, 7) is 0.478.